The van der Waals surface area contributed by atoms with Crippen molar-refractivity contribution in [3.63, 3.8) is 0 Å². The number of rotatable bonds is 3. The van der Waals surface area contributed by atoms with Crippen LogP contribution in [0.4, 0.5) is 0 Å². The highest BCUT2D eigenvalue weighted by Gasteiger charge is 1.97. The lowest BCUT2D eigenvalue weighted by atomic mass is 10.2. The number of halogens is 1. The molecule has 2 rings (SSSR count). The molecule has 0 radical (unpaired) electrons. The summed E-state index contributed by atoms with van der Waals surface area (Å²) in [5.74, 6) is 1.64. The Hall–Kier alpha value is -1.36. The van der Waals surface area contributed by atoms with Crippen molar-refractivity contribution in [2.45, 2.75) is 6.54 Å². The van der Waals surface area contributed by atoms with Gasteiger partial charge in [0, 0.05) is 11.0 Å². The molecule has 0 bridgehead atoms. The number of hydrogen-bond donors (Lipinski definition) is 1. The van der Waals surface area contributed by atoms with Crippen molar-refractivity contribution >= 4 is 15.9 Å². The van der Waals surface area contributed by atoms with Crippen LogP contribution in [0.5, 0.6) is 11.5 Å². The molecular formula is C13H13BrNO2-. The summed E-state index contributed by atoms with van der Waals surface area (Å²) < 4.78 is 6.71. The van der Waals surface area contributed by atoms with E-state index in [1.165, 1.54) is 0 Å². The first kappa shape index (κ1) is 13.7. The van der Waals surface area contributed by atoms with Crippen LogP contribution in [0.3, 0.4) is 0 Å². The molecule has 0 aliphatic heterocycles. The fourth-order valence-corrected chi connectivity index (χ4v) is 1.60. The van der Waals surface area contributed by atoms with Crippen molar-refractivity contribution in [1.82, 2.24) is 0 Å². The van der Waals surface area contributed by atoms with Gasteiger partial charge in [-0.3, -0.25) is 0 Å². The molecule has 4 heteroatoms. The van der Waals surface area contributed by atoms with Crippen molar-refractivity contribution in [3.8, 4) is 11.5 Å². The van der Waals surface area contributed by atoms with Gasteiger partial charge in [-0.25, -0.2) is 0 Å². The molecule has 0 aliphatic rings. The summed E-state index contributed by atoms with van der Waals surface area (Å²) >= 11 is 3.38. The molecule has 0 fully saturated rings. The van der Waals surface area contributed by atoms with Gasteiger partial charge in [-0.15, -0.1) is 0 Å². The number of hydrogen-bond acceptors (Lipinski definition) is 3. The lowest BCUT2D eigenvalue weighted by molar-refractivity contribution is 0.482. The van der Waals surface area contributed by atoms with Crippen LogP contribution in [0.25, 0.3) is 0 Å². The topological polar surface area (TPSA) is 65.2 Å². The van der Waals surface area contributed by atoms with Crippen LogP contribution in [0, 0.1) is 0 Å². The average Bonchev–Trinajstić information content (AvgIpc) is 2.33. The van der Waals surface area contributed by atoms with E-state index in [1.54, 1.807) is 0 Å². The fourth-order valence-electron chi connectivity index (χ4n) is 1.33. The molecule has 0 saturated carbocycles. The van der Waals surface area contributed by atoms with E-state index in [0.717, 1.165) is 21.5 Å². The normalized spacial score (nSPS) is 9.53. The van der Waals surface area contributed by atoms with Gasteiger partial charge in [-0.05, 0) is 42.0 Å². The Labute approximate surface area is 109 Å². The first-order valence-corrected chi connectivity index (χ1v) is 5.79. The second-order valence-electron chi connectivity index (χ2n) is 3.40. The predicted octanol–water partition coefficient (Wildman–Crippen LogP) is 3.52. The summed E-state index contributed by atoms with van der Waals surface area (Å²) in [5.41, 5.74) is 6.62. The van der Waals surface area contributed by atoms with E-state index in [0.29, 0.717) is 6.54 Å². The fraction of sp³-hybridized carbons (Fsp3) is 0.0769. The molecule has 3 nitrogen and oxygen atoms in total. The molecule has 90 valence electrons. The molecule has 0 atom stereocenters. The maximum Gasteiger partial charge on any atom is 0.127 e. The van der Waals surface area contributed by atoms with Crippen molar-refractivity contribution in [2.24, 2.45) is 5.73 Å². The molecule has 3 N–H and O–H groups in total. The Kier molecular flexibility index (Phi) is 5.15. The third kappa shape index (κ3) is 3.85. The minimum Gasteiger partial charge on any atom is -0.870 e. The number of benzene rings is 2. The first-order valence-electron chi connectivity index (χ1n) is 5.00. The molecule has 0 amide bonds. The van der Waals surface area contributed by atoms with Gasteiger partial charge in [0.15, 0.2) is 0 Å². The maximum absolute atomic E-state index is 5.67. The molecule has 0 heterocycles. The lowest BCUT2D eigenvalue weighted by Crippen LogP contribution is -1.95. The minimum absolute atomic E-state index is 0. The SMILES string of the molecule is NCc1ccc(Oc2ccc(Br)cc2)cc1.[OH-]. The highest BCUT2D eigenvalue weighted by Crippen LogP contribution is 2.23. The molecule has 17 heavy (non-hydrogen) atoms. The van der Waals surface area contributed by atoms with Gasteiger partial charge in [0.1, 0.15) is 11.5 Å². The summed E-state index contributed by atoms with van der Waals surface area (Å²) in [4.78, 5) is 0. The van der Waals surface area contributed by atoms with Crippen molar-refractivity contribution in [1.29, 1.82) is 0 Å². The van der Waals surface area contributed by atoms with Crippen molar-refractivity contribution < 1.29 is 10.2 Å². The van der Waals surface area contributed by atoms with Gasteiger partial charge < -0.3 is 15.9 Å². The smallest absolute Gasteiger partial charge is 0.127 e. The van der Waals surface area contributed by atoms with Gasteiger partial charge in [-0.2, -0.15) is 0 Å². The van der Waals surface area contributed by atoms with Crippen LogP contribution in [-0.2, 0) is 6.54 Å². The Morgan fingerprint density at radius 1 is 0.882 bits per heavy atom. The van der Waals surface area contributed by atoms with Gasteiger partial charge in [0.05, 0.1) is 0 Å². The lowest BCUT2D eigenvalue weighted by Gasteiger charge is -2.06. The third-order valence-electron chi connectivity index (χ3n) is 2.21. The average molecular weight is 295 g/mol. The molecule has 0 aliphatic carbocycles. The highest BCUT2D eigenvalue weighted by molar-refractivity contribution is 9.10. The maximum atomic E-state index is 5.67. The van der Waals surface area contributed by atoms with E-state index in [1.807, 2.05) is 48.5 Å². The van der Waals surface area contributed by atoms with Crippen LogP contribution in [0.15, 0.2) is 53.0 Å². The monoisotopic (exact) mass is 294 g/mol. The Morgan fingerprint density at radius 3 is 1.82 bits per heavy atom. The quantitative estimate of drug-likeness (QED) is 0.942. The third-order valence-corrected chi connectivity index (χ3v) is 2.74. The first-order chi connectivity index (χ1) is 7.78. The largest absolute Gasteiger partial charge is 0.870 e. The van der Waals surface area contributed by atoms with Crippen LogP contribution in [0.1, 0.15) is 5.56 Å². The van der Waals surface area contributed by atoms with Crippen LogP contribution in [-0.4, -0.2) is 5.48 Å². The zero-order valence-electron chi connectivity index (χ0n) is 9.14. The number of nitrogens with two attached hydrogens (primary N) is 1. The van der Waals surface area contributed by atoms with E-state index in [2.05, 4.69) is 15.9 Å². The minimum atomic E-state index is 0. The van der Waals surface area contributed by atoms with E-state index < -0.39 is 0 Å². The summed E-state index contributed by atoms with van der Waals surface area (Å²) in [6.45, 7) is 0.554. The molecular weight excluding hydrogens is 282 g/mol. The molecule has 0 saturated heterocycles. The summed E-state index contributed by atoms with van der Waals surface area (Å²) in [6, 6.07) is 15.5. The predicted molar refractivity (Wildman–Crippen MR) is 70.5 cm³/mol. The van der Waals surface area contributed by atoms with Gasteiger partial charge in [0.25, 0.3) is 0 Å². The zero-order valence-corrected chi connectivity index (χ0v) is 10.7. The van der Waals surface area contributed by atoms with E-state index >= 15 is 0 Å². The second-order valence-corrected chi connectivity index (χ2v) is 4.32. The molecule has 2 aromatic rings. The van der Waals surface area contributed by atoms with Crippen molar-refractivity contribution in [2.75, 3.05) is 0 Å². The van der Waals surface area contributed by atoms with Gasteiger partial charge in [0.2, 0.25) is 0 Å². The molecule has 2 aromatic carbocycles. The Morgan fingerprint density at radius 2 is 1.35 bits per heavy atom. The van der Waals surface area contributed by atoms with E-state index in [9.17, 15) is 0 Å². The molecule has 0 aromatic heterocycles. The van der Waals surface area contributed by atoms with Crippen LogP contribution in [0.2, 0.25) is 0 Å². The standard InChI is InChI=1S/C13H12BrNO.H2O/c14-11-3-7-13(8-4-11)16-12-5-1-10(9-15)2-6-12;/h1-8H,9,15H2;1H2/p-1. The summed E-state index contributed by atoms with van der Waals surface area (Å²) in [6.07, 6.45) is 0. The summed E-state index contributed by atoms with van der Waals surface area (Å²) in [5, 5.41) is 0. The second kappa shape index (κ2) is 6.39. The van der Waals surface area contributed by atoms with Gasteiger partial charge >= 0.3 is 0 Å². The van der Waals surface area contributed by atoms with E-state index in [4.69, 9.17) is 10.5 Å². The highest BCUT2D eigenvalue weighted by atomic mass is 79.9. The summed E-state index contributed by atoms with van der Waals surface area (Å²) in [7, 11) is 0. The molecule has 0 spiro atoms. The van der Waals surface area contributed by atoms with Crippen LogP contribution < -0.4 is 10.5 Å². The molecule has 0 unspecified atom stereocenters. The Balaban J connectivity index is 0.00000144. The van der Waals surface area contributed by atoms with Crippen LogP contribution >= 0.6 is 15.9 Å². The van der Waals surface area contributed by atoms with Gasteiger partial charge in [-0.1, -0.05) is 28.1 Å². The number of ether oxygens (including phenoxy) is 1. The zero-order chi connectivity index (χ0) is 11.4. The van der Waals surface area contributed by atoms with Crippen molar-refractivity contribution in [3.05, 3.63) is 58.6 Å². The Bertz CT molecular complexity index is 454. The van der Waals surface area contributed by atoms with E-state index in [-0.39, 0.29) is 5.48 Å².